The van der Waals surface area contributed by atoms with Gasteiger partial charge in [0.2, 0.25) is 0 Å². The molecule has 2 aromatic carbocycles. The summed E-state index contributed by atoms with van der Waals surface area (Å²) in [5, 5.41) is 3.41. The van der Waals surface area contributed by atoms with Crippen molar-refractivity contribution >= 4 is 51.8 Å². The van der Waals surface area contributed by atoms with Crippen molar-refractivity contribution in [2.24, 2.45) is 0 Å². The summed E-state index contributed by atoms with van der Waals surface area (Å²) in [7, 11) is 0. The standard InChI is InChI=1S/C13H9BrClNOS/c14-11-7-9(15)4-5-12(11)16-13(17)8-2-1-3-10(18)6-8/h1-7,18H,(H,16,17). The molecule has 0 unspecified atom stereocenters. The van der Waals surface area contributed by atoms with Crippen LogP contribution in [-0.4, -0.2) is 5.91 Å². The topological polar surface area (TPSA) is 29.1 Å². The van der Waals surface area contributed by atoms with E-state index < -0.39 is 0 Å². The van der Waals surface area contributed by atoms with Gasteiger partial charge in [-0.25, -0.2) is 0 Å². The number of nitrogens with one attached hydrogen (secondary N) is 1. The third-order valence-corrected chi connectivity index (χ3v) is 3.46. The van der Waals surface area contributed by atoms with E-state index in [1.54, 1.807) is 36.4 Å². The second-order valence-electron chi connectivity index (χ2n) is 3.63. The van der Waals surface area contributed by atoms with Gasteiger partial charge in [0.05, 0.1) is 5.69 Å². The quantitative estimate of drug-likeness (QED) is 0.765. The molecule has 0 aromatic heterocycles. The molecule has 0 fully saturated rings. The van der Waals surface area contributed by atoms with Crippen molar-refractivity contribution in [3.63, 3.8) is 0 Å². The first-order valence-corrected chi connectivity index (χ1v) is 6.73. The molecule has 0 aliphatic carbocycles. The van der Waals surface area contributed by atoms with E-state index in [1.165, 1.54) is 0 Å². The molecule has 0 saturated heterocycles. The van der Waals surface area contributed by atoms with Gasteiger partial charge in [-0.1, -0.05) is 17.7 Å². The molecule has 18 heavy (non-hydrogen) atoms. The van der Waals surface area contributed by atoms with Gasteiger partial charge >= 0.3 is 0 Å². The normalized spacial score (nSPS) is 10.2. The zero-order chi connectivity index (χ0) is 13.1. The highest BCUT2D eigenvalue weighted by atomic mass is 79.9. The van der Waals surface area contributed by atoms with Gasteiger partial charge in [0.25, 0.3) is 5.91 Å². The highest BCUT2D eigenvalue weighted by Gasteiger charge is 2.08. The second kappa shape index (κ2) is 5.78. The van der Waals surface area contributed by atoms with Crippen molar-refractivity contribution in [1.82, 2.24) is 0 Å². The Morgan fingerprint density at radius 3 is 2.67 bits per heavy atom. The van der Waals surface area contributed by atoms with Crippen molar-refractivity contribution < 1.29 is 4.79 Å². The Balaban J connectivity index is 2.21. The van der Waals surface area contributed by atoms with Crippen LogP contribution in [-0.2, 0) is 0 Å². The van der Waals surface area contributed by atoms with Crippen molar-refractivity contribution in [1.29, 1.82) is 0 Å². The third-order valence-electron chi connectivity index (χ3n) is 2.29. The predicted molar refractivity (Wildman–Crippen MR) is 80.8 cm³/mol. The van der Waals surface area contributed by atoms with Crippen LogP contribution in [0.3, 0.4) is 0 Å². The number of rotatable bonds is 2. The summed E-state index contributed by atoms with van der Waals surface area (Å²) < 4.78 is 0.741. The minimum Gasteiger partial charge on any atom is -0.321 e. The molecule has 0 heterocycles. The van der Waals surface area contributed by atoms with E-state index in [2.05, 4.69) is 33.9 Å². The summed E-state index contributed by atoms with van der Waals surface area (Å²) in [5.41, 5.74) is 1.23. The Labute approximate surface area is 124 Å². The number of benzene rings is 2. The smallest absolute Gasteiger partial charge is 0.255 e. The molecule has 92 valence electrons. The number of anilines is 1. The fourth-order valence-corrected chi connectivity index (χ4v) is 2.44. The lowest BCUT2D eigenvalue weighted by atomic mass is 10.2. The van der Waals surface area contributed by atoms with E-state index in [0.717, 1.165) is 9.37 Å². The van der Waals surface area contributed by atoms with Gasteiger partial charge in [0.15, 0.2) is 0 Å². The first-order chi connectivity index (χ1) is 8.56. The maximum atomic E-state index is 12.0. The minimum atomic E-state index is -0.186. The largest absolute Gasteiger partial charge is 0.321 e. The summed E-state index contributed by atoms with van der Waals surface area (Å²) in [6.07, 6.45) is 0. The fraction of sp³-hybridized carbons (Fsp3) is 0. The zero-order valence-corrected chi connectivity index (χ0v) is 12.4. The molecule has 1 amide bonds. The summed E-state index contributed by atoms with van der Waals surface area (Å²) in [6, 6.07) is 12.2. The molecule has 5 heteroatoms. The molecule has 0 spiro atoms. The minimum absolute atomic E-state index is 0.186. The Morgan fingerprint density at radius 2 is 2.00 bits per heavy atom. The van der Waals surface area contributed by atoms with Gasteiger partial charge in [-0.3, -0.25) is 4.79 Å². The van der Waals surface area contributed by atoms with Crippen molar-refractivity contribution in [3.8, 4) is 0 Å². The van der Waals surface area contributed by atoms with E-state index in [1.807, 2.05) is 6.07 Å². The maximum absolute atomic E-state index is 12.0. The molecule has 0 saturated carbocycles. The Bertz CT molecular complexity index is 603. The monoisotopic (exact) mass is 341 g/mol. The lowest BCUT2D eigenvalue weighted by Gasteiger charge is -2.08. The molecule has 2 rings (SSSR count). The Kier molecular flexibility index (Phi) is 4.32. The molecule has 2 aromatic rings. The first kappa shape index (κ1) is 13.5. The summed E-state index contributed by atoms with van der Waals surface area (Å²) in [6.45, 7) is 0. The van der Waals surface area contributed by atoms with Crippen LogP contribution >= 0.6 is 40.2 Å². The highest BCUT2D eigenvalue weighted by Crippen LogP contribution is 2.26. The highest BCUT2D eigenvalue weighted by molar-refractivity contribution is 9.10. The van der Waals surface area contributed by atoms with Crippen molar-refractivity contribution in [2.75, 3.05) is 5.32 Å². The zero-order valence-electron chi connectivity index (χ0n) is 9.15. The van der Waals surface area contributed by atoms with Crippen LogP contribution in [0.2, 0.25) is 5.02 Å². The first-order valence-electron chi connectivity index (χ1n) is 5.12. The third kappa shape index (κ3) is 3.28. The number of carbonyl (C=O) groups excluding carboxylic acids is 1. The second-order valence-corrected chi connectivity index (χ2v) is 5.44. The number of amides is 1. The molecule has 0 bridgehead atoms. The summed E-state index contributed by atoms with van der Waals surface area (Å²) >= 11 is 13.4. The lowest BCUT2D eigenvalue weighted by molar-refractivity contribution is 0.102. The molecule has 0 atom stereocenters. The molecule has 0 radical (unpaired) electrons. The van der Waals surface area contributed by atoms with E-state index >= 15 is 0 Å². The molecule has 1 N–H and O–H groups in total. The van der Waals surface area contributed by atoms with Gasteiger partial charge in [0, 0.05) is 20.0 Å². The van der Waals surface area contributed by atoms with E-state index in [0.29, 0.717) is 16.3 Å². The molecular weight excluding hydrogens is 334 g/mol. The van der Waals surface area contributed by atoms with E-state index in [4.69, 9.17) is 11.6 Å². The predicted octanol–water partition coefficient (Wildman–Crippen LogP) is 4.64. The van der Waals surface area contributed by atoms with Crippen LogP contribution in [0.15, 0.2) is 51.8 Å². The molecular formula is C13H9BrClNOS. The van der Waals surface area contributed by atoms with Crippen LogP contribution in [0.1, 0.15) is 10.4 Å². The maximum Gasteiger partial charge on any atom is 0.255 e. The molecule has 2 nitrogen and oxygen atoms in total. The Hall–Kier alpha value is -0.970. The van der Waals surface area contributed by atoms with Crippen LogP contribution < -0.4 is 5.32 Å². The number of hydrogen-bond acceptors (Lipinski definition) is 2. The average Bonchev–Trinajstić information content (AvgIpc) is 2.32. The number of halogens is 2. The van der Waals surface area contributed by atoms with Gasteiger partial charge in [-0.15, -0.1) is 12.6 Å². The summed E-state index contributed by atoms with van der Waals surface area (Å²) in [4.78, 5) is 12.8. The number of hydrogen-bond donors (Lipinski definition) is 2. The van der Waals surface area contributed by atoms with E-state index in [9.17, 15) is 4.79 Å². The van der Waals surface area contributed by atoms with E-state index in [-0.39, 0.29) is 5.91 Å². The van der Waals surface area contributed by atoms with Gasteiger partial charge in [0.1, 0.15) is 0 Å². The van der Waals surface area contributed by atoms with Crippen molar-refractivity contribution in [3.05, 3.63) is 57.5 Å². The lowest BCUT2D eigenvalue weighted by Crippen LogP contribution is -2.12. The SMILES string of the molecule is O=C(Nc1ccc(Cl)cc1Br)c1cccc(S)c1. The number of carbonyl (C=O) groups is 1. The average molecular weight is 343 g/mol. The van der Waals surface area contributed by atoms with Crippen LogP contribution in [0, 0.1) is 0 Å². The van der Waals surface area contributed by atoms with Gasteiger partial charge in [-0.2, -0.15) is 0 Å². The van der Waals surface area contributed by atoms with Crippen LogP contribution in [0.4, 0.5) is 5.69 Å². The Morgan fingerprint density at radius 1 is 1.22 bits per heavy atom. The number of thiol groups is 1. The van der Waals surface area contributed by atoms with Crippen LogP contribution in [0.5, 0.6) is 0 Å². The molecule has 0 aliphatic rings. The van der Waals surface area contributed by atoms with Gasteiger partial charge < -0.3 is 5.32 Å². The van der Waals surface area contributed by atoms with Gasteiger partial charge in [-0.05, 0) is 52.3 Å². The fourth-order valence-electron chi connectivity index (χ4n) is 1.43. The van der Waals surface area contributed by atoms with Crippen molar-refractivity contribution in [2.45, 2.75) is 4.90 Å². The molecule has 0 aliphatic heterocycles. The summed E-state index contributed by atoms with van der Waals surface area (Å²) in [5.74, 6) is -0.186. The van der Waals surface area contributed by atoms with Crippen LogP contribution in [0.25, 0.3) is 0 Å².